The molecule has 1 aromatic carbocycles. The summed E-state index contributed by atoms with van der Waals surface area (Å²) < 4.78 is 5.76. The van der Waals surface area contributed by atoms with Gasteiger partial charge in [0.25, 0.3) is 0 Å². The van der Waals surface area contributed by atoms with E-state index in [0.717, 1.165) is 56.4 Å². The Balaban J connectivity index is 2.17. The lowest BCUT2D eigenvalue weighted by molar-refractivity contribution is 0.374. The average Bonchev–Trinajstić information content (AvgIpc) is 2.96. The van der Waals surface area contributed by atoms with Crippen LogP contribution in [-0.2, 0) is 16.8 Å². The second kappa shape index (κ2) is 5.53. The number of carbonyl (C=O) groups excluding carboxylic acids is 1. The van der Waals surface area contributed by atoms with Crippen molar-refractivity contribution in [3.63, 3.8) is 0 Å². The van der Waals surface area contributed by atoms with Crippen LogP contribution >= 0.6 is 0 Å². The molecule has 0 aromatic heterocycles. The zero-order chi connectivity index (χ0) is 14.9. The third-order valence-electron chi connectivity index (χ3n) is 4.96. The summed E-state index contributed by atoms with van der Waals surface area (Å²) >= 11 is 0. The Morgan fingerprint density at radius 3 is 2.71 bits per heavy atom. The average molecular weight is 286 g/mol. The van der Waals surface area contributed by atoms with Gasteiger partial charge in [-0.05, 0) is 31.7 Å². The van der Waals surface area contributed by atoms with Gasteiger partial charge in [-0.1, -0.05) is 18.9 Å². The molecular formula is C17H22N2O2. The molecule has 1 aliphatic carbocycles. The Morgan fingerprint density at radius 1 is 1.29 bits per heavy atom. The maximum absolute atomic E-state index is 10.9. The van der Waals surface area contributed by atoms with Crippen molar-refractivity contribution in [3.8, 4) is 5.75 Å². The van der Waals surface area contributed by atoms with Crippen LogP contribution in [0.1, 0.15) is 43.2 Å². The van der Waals surface area contributed by atoms with Crippen LogP contribution in [0, 0.1) is 0 Å². The number of hydrogen-bond acceptors (Lipinski definition) is 4. The quantitative estimate of drug-likeness (QED) is 0.633. The number of rotatable bonds is 3. The fraction of sp³-hybridized carbons (Fsp3) is 0.588. The van der Waals surface area contributed by atoms with E-state index >= 15 is 0 Å². The van der Waals surface area contributed by atoms with Crippen molar-refractivity contribution in [1.82, 2.24) is 0 Å². The third kappa shape index (κ3) is 2.24. The van der Waals surface area contributed by atoms with Crippen molar-refractivity contribution >= 4 is 11.8 Å². The van der Waals surface area contributed by atoms with Crippen molar-refractivity contribution < 1.29 is 9.53 Å². The van der Waals surface area contributed by atoms with Gasteiger partial charge < -0.3 is 9.64 Å². The predicted molar refractivity (Wildman–Crippen MR) is 82.9 cm³/mol. The maximum Gasteiger partial charge on any atom is 0.235 e. The second-order valence-corrected chi connectivity index (χ2v) is 6.11. The van der Waals surface area contributed by atoms with E-state index < -0.39 is 5.54 Å². The number of nitrogens with zero attached hydrogens (tertiary/aromatic N) is 2. The van der Waals surface area contributed by atoms with Gasteiger partial charge in [0.15, 0.2) is 0 Å². The van der Waals surface area contributed by atoms with Gasteiger partial charge in [0.2, 0.25) is 6.08 Å². The molecule has 1 heterocycles. The molecule has 1 aromatic rings. The van der Waals surface area contributed by atoms with Gasteiger partial charge in [0.1, 0.15) is 11.3 Å². The smallest absolute Gasteiger partial charge is 0.235 e. The molecule has 4 nitrogen and oxygen atoms in total. The van der Waals surface area contributed by atoms with Crippen molar-refractivity contribution in [2.75, 3.05) is 25.6 Å². The molecule has 1 saturated carbocycles. The van der Waals surface area contributed by atoms with Crippen LogP contribution in [0.15, 0.2) is 17.1 Å². The van der Waals surface area contributed by atoms with Gasteiger partial charge in [0.05, 0.1) is 7.11 Å². The highest BCUT2D eigenvalue weighted by molar-refractivity contribution is 5.64. The summed E-state index contributed by atoms with van der Waals surface area (Å²) in [6.45, 7) is 1.08. The summed E-state index contributed by atoms with van der Waals surface area (Å²) in [5, 5.41) is 0. The molecule has 0 unspecified atom stereocenters. The van der Waals surface area contributed by atoms with Gasteiger partial charge in [-0.25, -0.2) is 4.79 Å². The van der Waals surface area contributed by atoms with Crippen LogP contribution in [0.5, 0.6) is 5.75 Å². The minimum Gasteiger partial charge on any atom is -0.496 e. The zero-order valence-corrected chi connectivity index (χ0v) is 12.8. The van der Waals surface area contributed by atoms with Crippen LogP contribution in [0.2, 0.25) is 0 Å². The number of hydrogen-bond donors (Lipinski definition) is 0. The summed E-state index contributed by atoms with van der Waals surface area (Å²) in [5.74, 6) is 0.931. The Hall–Kier alpha value is -1.80. The number of isocyanates is 1. The molecule has 0 bridgehead atoms. The summed E-state index contributed by atoms with van der Waals surface area (Å²) in [7, 11) is 3.84. The summed E-state index contributed by atoms with van der Waals surface area (Å²) in [5.41, 5.74) is 3.15. The number of ether oxygens (including phenoxy) is 1. The molecule has 4 heteroatoms. The van der Waals surface area contributed by atoms with E-state index in [2.05, 4.69) is 29.1 Å². The molecule has 0 amide bonds. The highest BCUT2D eigenvalue weighted by Gasteiger charge is 2.39. The number of benzene rings is 1. The van der Waals surface area contributed by atoms with Gasteiger partial charge in [-0.2, -0.15) is 4.99 Å². The summed E-state index contributed by atoms with van der Waals surface area (Å²) in [6, 6.07) is 4.26. The largest absolute Gasteiger partial charge is 0.496 e. The van der Waals surface area contributed by atoms with Crippen molar-refractivity contribution in [3.05, 3.63) is 23.3 Å². The van der Waals surface area contributed by atoms with Crippen LogP contribution in [0.25, 0.3) is 0 Å². The van der Waals surface area contributed by atoms with Crippen molar-refractivity contribution in [1.29, 1.82) is 0 Å². The SMILES string of the molecule is COc1c(C2(N=C=O)CCCC2)ccc2c1CCCN2C. The fourth-order valence-electron chi connectivity index (χ4n) is 3.92. The molecule has 1 fully saturated rings. The highest BCUT2D eigenvalue weighted by atomic mass is 16.5. The normalized spacial score (nSPS) is 19.8. The lowest BCUT2D eigenvalue weighted by Crippen LogP contribution is -2.27. The minimum atomic E-state index is -0.419. The molecule has 0 radical (unpaired) electrons. The predicted octanol–water partition coefficient (Wildman–Crippen LogP) is 3.18. The van der Waals surface area contributed by atoms with Crippen LogP contribution in [0.4, 0.5) is 5.69 Å². The standard InChI is InChI=1S/C17H22N2O2/c1-19-11-5-6-13-15(19)8-7-14(16(13)21-2)17(18-12-20)9-3-4-10-17/h7-8H,3-6,9-11H2,1-2H3. The minimum absolute atomic E-state index is 0.419. The third-order valence-corrected chi connectivity index (χ3v) is 4.96. The van der Waals surface area contributed by atoms with Crippen molar-refractivity contribution in [2.24, 2.45) is 4.99 Å². The molecule has 0 N–H and O–H groups in total. The van der Waals surface area contributed by atoms with Crippen LogP contribution in [-0.4, -0.2) is 26.8 Å². The second-order valence-electron chi connectivity index (χ2n) is 6.11. The maximum atomic E-state index is 10.9. The summed E-state index contributed by atoms with van der Waals surface area (Å²) in [6.07, 6.45) is 7.98. The van der Waals surface area contributed by atoms with Gasteiger partial charge >= 0.3 is 0 Å². The lowest BCUT2D eigenvalue weighted by Gasteiger charge is -2.32. The first-order valence-corrected chi connectivity index (χ1v) is 7.72. The van der Waals surface area contributed by atoms with Crippen molar-refractivity contribution in [2.45, 2.75) is 44.1 Å². The molecular weight excluding hydrogens is 264 g/mol. The topological polar surface area (TPSA) is 41.9 Å². The van der Waals surface area contributed by atoms with E-state index in [4.69, 9.17) is 4.74 Å². The first-order valence-electron chi connectivity index (χ1n) is 7.72. The van der Waals surface area contributed by atoms with Gasteiger partial charge in [-0.3, -0.25) is 0 Å². The fourth-order valence-corrected chi connectivity index (χ4v) is 3.92. The Bertz CT molecular complexity index is 585. The molecule has 2 aliphatic rings. The van der Waals surface area contributed by atoms with E-state index in [1.165, 1.54) is 11.3 Å². The lowest BCUT2D eigenvalue weighted by atomic mass is 9.85. The number of aliphatic imine (C=N–C) groups is 1. The van der Waals surface area contributed by atoms with E-state index in [1.54, 1.807) is 13.2 Å². The summed E-state index contributed by atoms with van der Waals surface area (Å²) in [4.78, 5) is 17.4. The number of fused-ring (bicyclic) bond motifs is 1. The molecule has 3 rings (SSSR count). The molecule has 0 spiro atoms. The molecule has 0 saturated heterocycles. The molecule has 21 heavy (non-hydrogen) atoms. The molecule has 1 aliphatic heterocycles. The van der Waals surface area contributed by atoms with Crippen LogP contribution in [0.3, 0.4) is 0 Å². The van der Waals surface area contributed by atoms with Gasteiger partial charge in [0, 0.05) is 30.4 Å². The first-order chi connectivity index (χ1) is 10.2. The number of anilines is 1. The van der Waals surface area contributed by atoms with E-state index in [1.807, 2.05) is 0 Å². The Kier molecular flexibility index (Phi) is 3.73. The van der Waals surface area contributed by atoms with E-state index in [-0.39, 0.29) is 0 Å². The van der Waals surface area contributed by atoms with Crippen LogP contribution < -0.4 is 9.64 Å². The monoisotopic (exact) mass is 286 g/mol. The first kappa shape index (κ1) is 14.2. The Morgan fingerprint density at radius 2 is 2.05 bits per heavy atom. The zero-order valence-electron chi connectivity index (χ0n) is 12.8. The Labute approximate surface area is 125 Å². The van der Waals surface area contributed by atoms with E-state index in [9.17, 15) is 4.79 Å². The number of methoxy groups -OCH3 is 1. The van der Waals surface area contributed by atoms with E-state index in [0.29, 0.717) is 0 Å². The van der Waals surface area contributed by atoms with Gasteiger partial charge in [-0.15, -0.1) is 0 Å². The molecule has 112 valence electrons. The molecule has 0 atom stereocenters. The highest BCUT2D eigenvalue weighted by Crippen LogP contribution is 2.48.